The van der Waals surface area contributed by atoms with Crippen molar-refractivity contribution in [1.29, 1.82) is 0 Å². The molecule has 6 heteroatoms. The Morgan fingerprint density at radius 2 is 1.87 bits per heavy atom. The van der Waals surface area contributed by atoms with Gasteiger partial charge in [-0.2, -0.15) is 0 Å². The van der Waals surface area contributed by atoms with Gasteiger partial charge in [-0.15, -0.1) is 0 Å². The zero-order chi connectivity index (χ0) is 20.9. The van der Waals surface area contributed by atoms with Gasteiger partial charge in [-0.3, -0.25) is 9.78 Å². The zero-order valence-electron chi connectivity index (χ0n) is 17.5. The van der Waals surface area contributed by atoms with Gasteiger partial charge < -0.3 is 15.1 Å². The summed E-state index contributed by atoms with van der Waals surface area (Å²) in [7, 11) is 0. The van der Waals surface area contributed by atoms with Gasteiger partial charge in [0.2, 0.25) is 0 Å². The molecule has 0 aliphatic carbocycles. The van der Waals surface area contributed by atoms with Crippen molar-refractivity contribution in [3.05, 3.63) is 72.1 Å². The van der Waals surface area contributed by atoms with Gasteiger partial charge in [0, 0.05) is 49.8 Å². The molecule has 0 unspecified atom stereocenters. The largest absolute Gasteiger partial charge is 0.354 e. The van der Waals surface area contributed by atoms with Gasteiger partial charge in [0.1, 0.15) is 5.82 Å². The minimum atomic E-state index is -0.166. The number of benzene rings is 1. The van der Waals surface area contributed by atoms with Crippen LogP contribution >= 0.6 is 0 Å². The van der Waals surface area contributed by atoms with Crippen molar-refractivity contribution in [2.45, 2.75) is 13.8 Å². The van der Waals surface area contributed by atoms with Crippen LogP contribution in [0.2, 0.25) is 0 Å². The number of anilines is 2. The number of aryl methyl sites for hydroxylation is 1. The first-order chi connectivity index (χ1) is 14.6. The van der Waals surface area contributed by atoms with Crippen LogP contribution in [0.1, 0.15) is 22.8 Å². The zero-order valence-corrected chi connectivity index (χ0v) is 17.5. The van der Waals surface area contributed by atoms with E-state index in [9.17, 15) is 4.79 Å². The molecule has 1 N–H and O–H groups in total. The van der Waals surface area contributed by atoms with Gasteiger partial charge in [0.15, 0.2) is 0 Å². The molecule has 2 aromatic heterocycles. The summed E-state index contributed by atoms with van der Waals surface area (Å²) in [6.45, 7) is 9.34. The second kappa shape index (κ2) is 9.05. The Kier molecular flexibility index (Phi) is 6.05. The molecule has 1 aromatic carbocycles. The summed E-state index contributed by atoms with van der Waals surface area (Å²) in [6, 6.07) is 15.5. The first-order valence-corrected chi connectivity index (χ1v) is 10.4. The molecule has 0 spiro atoms. The minimum Gasteiger partial charge on any atom is -0.354 e. The molecule has 0 saturated carbocycles. The number of nitrogens with zero attached hydrogens (tertiary/aromatic N) is 4. The number of piperazine rings is 1. The first kappa shape index (κ1) is 20.0. The van der Waals surface area contributed by atoms with E-state index in [0.29, 0.717) is 5.56 Å². The summed E-state index contributed by atoms with van der Waals surface area (Å²) < 4.78 is 0. The van der Waals surface area contributed by atoms with Gasteiger partial charge in [0.05, 0.1) is 11.3 Å². The molecule has 6 nitrogen and oxygen atoms in total. The van der Waals surface area contributed by atoms with Crippen molar-refractivity contribution in [3.8, 4) is 11.3 Å². The van der Waals surface area contributed by atoms with Gasteiger partial charge >= 0.3 is 0 Å². The lowest BCUT2D eigenvalue weighted by atomic mass is 10.0. The van der Waals surface area contributed by atoms with Gasteiger partial charge in [-0.25, -0.2) is 4.98 Å². The number of carbonyl (C=O) groups excluding carboxylic acids is 1. The monoisotopic (exact) mass is 401 g/mol. The van der Waals surface area contributed by atoms with Gasteiger partial charge in [-0.05, 0) is 55.4 Å². The van der Waals surface area contributed by atoms with Gasteiger partial charge in [-0.1, -0.05) is 19.1 Å². The molecule has 0 radical (unpaired) electrons. The van der Waals surface area contributed by atoms with E-state index in [1.165, 1.54) is 0 Å². The van der Waals surface area contributed by atoms with E-state index in [0.717, 1.165) is 61.0 Å². The van der Waals surface area contributed by atoms with Crippen molar-refractivity contribution in [1.82, 2.24) is 14.9 Å². The molecular weight excluding hydrogens is 374 g/mol. The Morgan fingerprint density at radius 3 is 2.53 bits per heavy atom. The number of rotatable bonds is 5. The van der Waals surface area contributed by atoms with Crippen molar-refractivity contribution in [2.75, 3.05) is 42.9 Å². The number of amides is 1. The maximum absolute atomic E-state index is 12.7. The van der Waals surface area contributed by atoms with E-state index in [1.54, 1.807) is 12.4 Å². The number of nitrogens with one attached hydrogen (secondary N) is 1. The van der Waals surface area contributed by atoms with Crippen molar-refractivity contribution in [3.63, 3.8) is 0 Å². The molecular formula is C24H27N5O. The standard InChI is InChI=1S/C24H27N5O/c1-3-28-12-14-29(15-13-28)23-10-8-19(17-26-23)24(30)27-20-9-7-18(2)21(16-20)22-6-4-5-11-25-22/h4-11,16-17H,3,12-15H2,1-2H3,(H,27,30). The fourth-order valence-corrected chi connectivity index (χ4v) is 3.70. The lowest BCUT2D eigenvalue weighted by molar-refractivity contribution is 0.102. The Balaban J connectivity index is 1.44. The highest BCUT2D eigenvalue weighted by atomic mass is 16.1. The Hall–Kier alpha value is -3.25. The summed E-state index contributed by atoms with van der Waals surface area (Å²) in [6.07, 6.45) is 3.43. The van der Waals surface area contributed by atoms with E-state index in [-0.39, 0.29) is 5.91 Å². The summed E-state index contributed by atoms with van der Waals surface area (Å²) in [5, 5.41) is 2.98. The number of hydrogen-bond acceptors (Lipinski definition) is 5. The molecule has 154 valence electrons. The van der Waals surface area contributed by atoms with E-state index in [1.807, 2.05) is 55.5 Å². The lowest BCUT2D eigenvalue weighted by Crippen LogP contribution is -2.46. The van der Waals surface area contributed by atoms with Crippen molar-refractivity contribution in [2.24, 2.45) is 0 Å². The van der Waals surface area contributed by atoms with Crippen LogP contribution in [0.15, 0.2) is 60.9 Å². The van der Waals surface area contributed by atoms with E-state index in [2.05, 4.69) is 32.0 Å². The Bertz CT molecular complexity index is 996. The molecule has 1 saturated heterocycles. The topological polar surface area (TPSA) is 61.4 Å². The average molecular weight is 402 g/mol. The maximum Gasteiger partial charge on any atom is 0.257 e. The summed E-state index contributed by atoms with van der Waals surface area (Å²) in [4.78, 5) is 26.4. The van der Waals surface area contributed by atoms with Gasteiger partial charge in [0.25, 0.3) is 5.91 Å². The van der Waals surface area contributed by atoms with Crippen LogP contribution < -0.4 is 10.2 Å². The van der Waals surface area contributed by atoms with Crippen LogP contribution in [-0.2, 0) is 0 Å². The number of pyridine rings is 2. The van der Waals surface area contributed by atoms with Crippen LogP contribution in [-0.4, -0.2) is 53.5 Å². The normalized spacial score (nSPS) is 14.5. The maximum atomic E-state index is 12.7. The fourth-order valence-electron chi connectivity index (χ4n) is 3.70. The third-order valence-corrected chi connectivity index (χ3v) is 5.59. The van der Waals surface area contributed by atoms with Crippen molar-refractivity contribution >= 4 is 17.4 Å². The van der Waals surface area contributed by atoms with E-state index >= 15 is 0 Å². The smallest absolute Gasteiger partial charge is 0.257 e. The van der Waals surface area contributed by atoms with Crippen LogP contribution in [0, 0.1) is 6.92 Å². The lowest BCUT2D eigenvalue weighted by Gasteiger charge is -2.34. The molecule has 1 aliphatic heterocycles. The third kappa shape index (κ3) is 4.49. The van der Waals surface area contributed by atoms with Crippen LogP contribution in [0.5, 0.6) is 0 Å². The first-order valence-electron chi connectivity index (χ1n) is 10.4. The number of carbonyl (C=O) groups is 1. The quantitative estimate of drug-likeness (QED) is 0.704. The molecule has 30 heavy (non-hydrogen) atoms. The molecule has 3 heterocycles. The summed E-state index contributed by atoms with van der Waals surface area (Å²) >= 11 is 0. The van der Waals surface area contributed by atoms with E-state index in [4.69, 9.17) is 0 Å². The average Bonchev–Trinajstić information content (AvgIpc) is 2.81. The predicted octanol–water partition coefficient (Wildman–Crippen LogP) is 3.85. The molecule has 1 aliphatic rings. The highest BCUT2D eigenvalue weighted by Gasteiger charge is 2.17. The SMILES string of the molecule is CCN1CCN(c2ccc(C(=O)Nc3ccc(C)c(-c4ccccn4)c3)cn2)CC1. The summed E-state index contributed by atoms with van der Waals surface area (Å²) in [5.74, 6) is 0.760. The minimum absolute atomic E-state index is 0.166. The second-order valence-corrected chi connectivity index (χ2v) is 7.53. The molecule has 0 atom stereocenters. The predicted molar refractivity (Wildman–Crippen MR) is 121 cm³/mol. The fraction of sp³-hybridized carbons (Fsp3) is 0.292. The number of aromatic nitrogens is 2. The van der Waals surface area contributed by atoms with E-state index < -0.39 is 0 Å². The molecule has 0 bridgehead atoms. The molecule has 1 fully saturated rings. The number of likely N-dealkylation sites (N-methyl/N-ethyl adjacent to an activating group) is 1. The second-order valence-electron chi connectivity index (χ2n) is 7.53. The Morgan fingerprint density at radius 1 is 1.03 bits per heavy atom. The Labute approximate surface area is 177 Å². The summed E-state index contributed by atoms with van der Waals surface area (Å²) in [5.41, 5.74) is 4.30. The van der Waals surface area contributed by atoms with Crippen LogP contribution in [0.4, 0.5) is 11.5 Å². The number of hydrogen-bond donors (Lipinski definition) is 1. The molecule has 1 amide bonds. The van der Waals surface area contributed by atoms with Crippen molar-refractivity contribution < 1.29 is 4.79 Å². The van der Waals surface area contributed by atoms with Crippen LogP contribution in [0.25, 0.3) is 11.3 Å². The van der Waals surface area contributed by atoms with Crippen LogP contribution in [0.3, 0.4) is 0 Å². The highest BCUT2D eigenvalue weighted by Crippen LogP contribution is 2.25. The highest BCUT2D eigenvalue weighted by molar-refractivity contribution is 6.04. The molecule has 3 aromatic rings. The third-order valence-electron chi connectivity index (χ3n) is 5.59. The molecule has 4 rings (SSSR count).